The number of nitrogens with zero attached hydrogens (tertiary/aromatic N) is 1. The molecule has 0 spiro atoms. The highest BCUT2D eigenvalue weighted by Gasteiger charge is 2.26. The largest absolute Gasteiger partial charge is 0.361 e. The highest BCUT2D eigenvalue weighted by atomic mass is 32.1. The normalized spacial score (nSPS) is 16.7. The lowest BCUT2D eigenvalue weighted by Gasteiger charge is -2.05. The summed E-state index contributed by atoms with van der Waals surface area (Å²) in [5, 5.41) is 9.30. The number of benzene rings is 1. The number of amides is 1. The Kier molecular flexibility index (Phi) is 4.16. The predicted octanol–water partition coefficient (Wildman–Crippen LogP) is 4.32. The first-order chi connectivity index (χ1) is 10.5. The van der Waals surface area contributed by atoms with Crippen molar-refractivity contribution in [3.63, 3.8) is 0 Å². The smallest absolute Gasteiger partial charge is 0.231 e. The molecular formula is C17H21N3OS. The van der Waals surface area contributed by atoms with Gasteiger partial charge in [0, 0.05) is 23.2 Å². The zero-order valence-electron chi connectivity index (χ0n) is 13.1. The lowest BCUT2D eigenvalue weighted by Crippen LogP contribution is -2.08. The molecule has 5 heteroatoms. The third-order valence-electron chi connectivity index (χ3n) is 3.97. The zero-order chi connectivity index (χ0) is 15.7. The van der Waals surface area contributed by atoms with Crippen LogP contribution in [-0.2, 0) is 4.79 Å². The van der Waals surface area contributed by atoms with Crippen molar-refractivity contribution in [3.05, 3.63) is 29.1 Å². The lowest BCUT2D eigenvalue weighted by atomic mass is 10.00. The van der Waals surface area contributed by atoms with Gasteiger partial charge >= 0.3 is 0 Å². The van der Waals surface area contributed by atoms with Crippen molar-refractivity contribution in [2.24, 2.45) is 5.92 Å². The number of carbonyl (C=O) groups excluding carboxylic acids is 1. The molecule has 0 saturated heterocycles. The van der Waals surface area contributed by atoms with Crippen molar-refractivity contribution in [2.75, 3.05) is 17.2 Å². The molecule has 1 atom stereocenters. The van der Waals surface area contributed by atoms with E-state index in [4.69, 9.17) is 0 Å². The second-order valence-electron chi connectivity index (χ2n) is 6.16. The molecule has 0 radical (unpaired) electrons. The molecule has 1 aromatic carbocycles. The SMILES string of the molecule is CC(C)CCNc1nc(-c2ccc3c(c2)[C@H](C)C(=O)N3)cs1. The minimum absolute atomic E-state index is 0.0708. The summed E-state index contributed by atoms with van der Waals surface area (Å²) in [5.74, 6) is 0.675. The van der Waals surface area contributed by atoms with E-state index in [-0.39, 0.29) is 11.8 Å². The second-order valence-corrected chi connectivity index (χ2v) is 7.02. The van der Waals surface area contributed by atoms with Gasteiger partial charge in [-0.1, -0.05) is 19.9 Å². The van der Waals surface area contributed by atoms with Crippen molar-refractivity contribution >= 4 is 28.1 Å². The van der Waals surface area contributed by atoms with Gasteiger partial charge in [-0.3, -0.25) is 4.79 Å². The molecule has 3 rings (SSSR count). The minimum atomic E-state index is -0.0859. The van der Waals surface area contributed by atoms with E-state index in [9.17, 15) is 4.79 Å². The summed E-state index contributed by atoms with van der Waals surface area (Å²) in [5.41, 5.74) is 4.01. The zero-order valence-corrected chi connectivity index (χ0v) is 14.0. The van der Waals surface area contributed by atoms with Gasteiger partial charge in [-0.25, -0.2) is 4.98 Å². The molecule has 1 aliphatic rings. The Morgan fingerprint density at radius 1 is 1.41 bits per heavy atom. The molecule has 116 valence electrons. The third kappa shape index (κ3) is 2.99. The number of anilines is 2. The van der Waals surface area contributed by atoms with E-state index >= 15 is 0 Å². The third-order valence-corrected chi connectivity index (χ3v) is 4.77. The number of fused-ring (bicyclic) bond motifs is 1. The molecule has 2 aromatic rings. The Balaban J connectivity index is 1.76. The number of nitrogens with one attached hydrogen (secondary N) is 2. The molecular weight excluding hydrogens is 294 g/mol. The maximum atomic E-state index is 11.7. The summed E-state index contributed by atoms with van der Waals surface area (Å²) in [7, 11) is 0. The summed E-state index contributed by atoms with van der Waals surface area (Å²) >= 11 is 1.63. The van der Waals surface area contributed by atoms with Gasteiger partial charge in [0.2, 0.25) is 5.91 Å². The molecule has 0 bridgehead atoms. The summed E-state index contributed by atoms with van der Waals surface area (Å²) in [6, 6.07) is 6.06. The van der Waals surface area contributed by atoms with Gasteiger partial charge in [-0.2, -0.15) is 0 Å². The topological polar surface area (TPSA) is 54.0 Å². The molecule has 2 N–H and O–H groups in total. The fourth-order valence-electron chi connectivity index (χ4n) is 2.53. The lowest BCUT2D eigenvalue weighted by molar-refractivity contribution is -0.116. The molecule has 22 heavy (non-hydrogen) atoms. The highest BCUT2D eigenvalue weighted by molar-refractivity contribution is 7.14. The number of carbonyl (C=O) groups is 1. The maximum Gasteiger partial charge on any atom is 0.231 e. The minimum Gasteiger partial charge on any atom is -0.361 e. The number of hydrogen-bond acceptors (Lipinski definition) is 4. The van der Waals surface area contributed by atoms with Crippen molar-refractivity contribution < 1.29 is 4.79 Å². The molecule has 2 heterocycles. The van der Waals surface area contributed by atoms with Gasteiger partial charge < -0.3 is 10.6 Å². The van der Waals surface area contributed by atoms with Crippen molar-refractivity contribution in [1.82, 2.24) is 4.98 Å². The molecule has 1 amide bonds. The van der Waals surface area contributed by atoms with Crippen LogP contribution in [0.15, 0.2) is 23.6 Å². The molecule has 0 fully saturated rings. The first-order valence-electron chi connectivity index (χ1n) is 7.69. The second kappa shape index (κ2) is 6.08. The number of hydrogen-bond donors (Lipinski definition) is 2. The monoisotopic (exact) mass is 315 g/mol. The fourth-order valence-corrected chi connectivity index (χ4v) is 3.28. The van der Waals surface area contributed by atoms with Gasteiger partial charge in [-0.15, -0.1) is 11.3 Å². The summed E-state index contributed by atoms with van der Waals surface area (Å²) in [4.78, 5) is 16.4. The Labute approximate surface area is 135 Å². The number of aromatic nitrogens is 1. The molecule has 1 aromatic heterocycles. The molecule has 0 unspecified atom stereocenters. The van der Waals surface area contributed by atoms with Crippen LogP contribution in [0.3, 0.4) is 0 Å². The molecule has 0 aliphatic carbocycles. The van der Waals surface area contributed by atoms with E-state index < -0.39 is 0 Å². The van der Waals surface area contributed by atoms with Crippen molar-refractivity contribution in [2.45, 2.75) is 33.1 Å². The van der Waals surface area contributed by atoms with Crippen LogP contribution in [0.5, 0.6) is 0 Å². The average Bonchev–Trinajstić information content (AvgIpc) is 3.05. The van der Waals surface area contributed by atoms with Crippen molar-refractivity contribution in [3.8, 4) is 11.3 Å². The maximum absolute atomic E-state index is 11.7. The van der Waals surface area contributed by atoms with Gasteiger partial charge in [0.25, 0.3) is 0 Å². The van der Waals surface area contributed by atoms with Crippen LogP contribution in [0, 0.1) is 5.92 Å². The van der Waals surface area contributed by atoms with E-state index in [0.717, 1.165) is 40.6 Å². The van der Waals surface area contributed by atoms with Crippen LogP contribution in [0.25, 0.3) is 11.3 Å². The summed E-state index contributed by atoms with van der Waals surface area (Å²) in [6.45, 7) is 7.32. The van der Waals surface area contributed by atoms with Crippen LogP contribution in [0.1, 0.15) is 38.7 Å². The van der Waals surface area contributed by atoms with E-state index in [1.54, 1.807) is 11.3 Å². The van der Waals surface area contributed by atoms with Crippen LogP contribution in [0.2, 0.25) is 0 Å². The van der Waals surface area contributed by atoms with Crippen molar-refractivity contribution in [1.29, 1.82) is 0 Å². The van der Waals surface area contributed by atoms with Gasteiger partial charge in [-0.05, 0) is 37.0 Å². The molecule has 1 aliphatic heterocycles. The molecule has 0 saturated carbocycles. The highest BCUT2D eigenvalue weighted by Crippen LogP contribution is 2.36. The van der Waals surface area contributed by atoms with Gasteiger partial charge in [0.15, 0.2) is 5.13 Å². The Hall–Kier alpha value is -1.88. The van der Waals surface area contributed by atoms with Crippen LogP contribution >= 0.6 is 11.3 Å². The Morgan fingerprint density at radius 3 is 3.00 bits per heavy atom. The van der Waals surface area contributed by atoms with Gasteiger partial charge in [0.1, 0.15) is 0 Å². The Bertz CT molecular complexity index is 693. The summed E-state index contributed by atoms with van der Waals surface area (Å²) < 4.78 is 0. The quantitative estimate of drug-likeness (QED) is 0.864. The average molecular weight is 315 g/mol. The van der Waals surface area contributed by atoms with Crippen LogP contribution in [0.4, 0.5) is 10.8 Å². The first-order valence-corrected chi connectivity index (χ1v) is 8.57. The van der Waals surface area contributed by atoms with E-state index in [1.165, 1.54) is 0 Å². The Morgan fingerprint density at radius 2 is 2.23 bits per heavy atom. The van der Waals surface area contributed by atoms with E-state index in [2.05, 4.69) is 40.9 Å². The number of thiazole rings is 1. The standard InChI is InChI=1S/C17H21N3OS/c1-10(2)6-7-18-17-20-15(9-22-17)12-4-5-14-13(8-12)11(3)16(21)19-14/h4-5,8-11H,6-7H2,1-3H3,(H,18,20)(H,19,21)/t11-/m0/s1. The van der Waals surface area contributed by atoms with Crippen LogP contribution in [-0.4, -0.2) is 17.4 Å². The number of rotatable bonds is 5. The van der Waals surface area contributed by atoms with E-state index in [1.807, 2.05) is 19.1 Å². The predicted molar refractivity (Wildman–Crippen MR) is 92.5 cm³/mol. The van der Waals surface area contributed by atoms with Crippen LogP contribution < -0.4 is 10.6 Å². The van der Waals surface area contributed by atoms with Gasteiger partial charge in [0.05, 0.1) is 11.6 Å². The first kappa shape index (κ1) is 15.0. The van der Waals surface area contributed by atoms with E-state index in [0.29, 0.717) is 5.92 Å². The molecule has 4 nitrogen and oxygen atoms in total. The summed E-state index contributed by atoms with van der Waals surface area (Å²) in [6.07, 6.45) is 1.14. The fraction of sp³-hybridized carbons (Fsp3) is 0.412.